The van der Waals surface area contributed by atoms with Crippen molar-refractivity contribution in [3.63, 3.8) is 0 Å². The third-order valence-corrected chi connectivity index (χ3v) is 2.25. The van der Waals surface area contributed by atoms with E-state index in [1.807, 2.05) is 6.92 Å². The van der Waals surface area contributed by atoms with Crippen LogP contribution in [0.5, 0.6) is 0 Å². The van der Waals surface area contributed by atoms with Crippen molar-refractivity contribution in [2.45, 2.75) is 26.7 Å². The standard InChI is InChI=1S/C11H16N2O2/c1-3-7-12-11-6-5-10(13(14)15)8-9(11)4-2/h5-6,8,12H,3-4,7H2,1-2H3. The van der Waals surface area contributed by atoms with Crippen molar-refractivity contribution >= 4 is 11.4 Å². The average molecular weight is 208 g/mol. The molecule has 1 aromatic rings. The molecule has 0 spiro atoms. The number of nitrogens with zero attached hydrogens (tertiary/aromatic N) is 1. The second-order valence-electron chi connectivity index (χ2n) is 3.38. The summed E-state index contributed by atoms with van der Waals surface area (Å²) in [5.74, 6) is 0. The van der Waals surface area contributed by atoms with Crippen LogP contribution >= 0.6 is 0 Å². The Morgan fingerprint density at radius 2 is 2.13 bits per heavy atom. The molecule has 0 aliphatic heterocycles. The summed E-state index contributed by atoms with van der Waals surface area (Å²) in [7, 11) is 0. The van der Waals surface area contributed by atoms with E-state index in [1.165, 1.54) is 6.07 Å². The highest BCUT2D eigenvalue weighted by atomic mass is 16.6. The Labute approximate surface area is 89.5 Å². The highest BCUT2D eigenvalue weighted by Crippen LogP contribution is 2.22. The predicted octanol–water partition coefficient (Wildman–Crippen LogP) is 2.98. The quantitative estimate of drug-likeness (QED) is 0.597. The van der Waals surface area contributed by atoms with E-state index in [-0.39, 0.29) is 10.6 Å². The fraction of sp³-hybridized carbons (Fsp3) is 0.455. The normalized spacial score (nSPS) is 10.0. The van der Waals surface area contributed by atoms with E-state index in [0.717, 1.165) is 30.6 Å². The first kappa shape index (κ1) is 11.5. The summed E-state index contributed by atoms with van der Waals surface area (Å²) in [6, 6.07) is 4.96. The Kier molecular flexibility index (Phi) is 4.09. The third-order valence-electron chi connectivity index (χ3n) is 2.25. The van der Waals surface area contributed by atoms with E-state index in [4.69, 9.17) is 0 Å². The van der Waals surface area contributed by atoms with Gasteiger partial charge in [0, 0.05) is 24.4 Å². The summed E-state index contributed by atoms with van der Waals surface area (Å²) in [6.07, 6.45) is 1.84. The van der Waals surface area contributed by atoms with E-state index in [9.17, 15) is 10.1 Å². The Bertz CT molecular complexity index is 350. The molecular formula is C11H16N2O2. The number of aryl methyl sites for hydroxylation is 1. The fourth-order valence-electron chi connectivity index (χ4n) is 1.42. The molecule has 0 saturated carbocycles. The van der Waals surface area contributed by atoms with Gasteiger partial charge in [0.25, 0.3) is 5.69 Å². The molecule has 0 amide bonds. The van der Waals surface area contributed by atoms with Crippen LogP contribution in [0.1, 0.15) is 25.8 Å². The molecule has 0 heterocycles. The van der Waals surface area contributed by atoms with Crippen molar-refractivity contribution in [2.24, 2.45) is 0 Å². The van der Waals surface area contributed by atoms with Gasteiger partial charge in [-0.05, 0) is 24.5 Å². The first-order valence-electron chi connectivity index (χ1n) is 5.20. The van der Waals surface area contributed by atoms with Crippen LogP contribution in [-0.2, 0) is 6.42 Å². The SMILES string of the molecule is CCCNc1ccc([N+](=O)[O-])cc1CC. The summed E-state index contributed by atoms with van der Waals surface area (Å²) >= 11 is 0. The van der Waals surface area contributed by atoms with Crippen LogP contribution in [-0.4, -0.2) is 11.5 Å². The van der Waals surface area contributed by atoms with Crippen LogP contribution in [0.15, 0.2) is 18.2 Å². The number of nitro groups is 1. The Balaban J connectivity index is 2.93. The van der Waals surface area contributed by atoms with E-state index in [0.29, 0.717) is 0 Å². The molecule has 0 bridgehead atoms. The van der Waals surface area contributed by atoms with Crippen LogP contribution in [0, 0.1) is 10.1 Å². The predicted molar refractivity (Wildman–Crippen MR) is 61.3 cm³/mol. The van der Waals surface area contributed by atoms with Crippen molar-refractivity contribution in [3.8, 4) is 0 Å². The maximum absolute atomic E-state index is 10.6. The number of anilines is 1. The molecule has 4 nitrogen and oxygen atoms in total. The van der Waals surface area contributed by atoms with Crippen LogP contribution < -0.4 is 5.32 Å². The average Bonchev–Trinajstić information content (AvgIpc) is 2.25. The van der Waals surface area contributed by atoms with Crippen molar-refractivity contribution in [1.29, 1.82) is 0 Å². The molecule has 1 N–H and O–H groups in total. The minimum Gasteiger partial charge on any atom is -0.385 e. The molecule has 0 aliphatic carbocycles. The first-order chi connectivity index (χ1) is 7.19. The molecule has 1 aromatic carbocycles. The van der Waals surface area contributed by atoms with E-state index in [1.54, 1.807) is 12.1 Å². The monoisotopic (exact) mass is 208 g/mol. The zero-order chi connectivity index (χ0) is 11.3. The topological polar surface area (TPSA) is 55.2 Å². The number of hydrogen-bond donors (Lipinski definition) is 1. The molecule has 0 aromatic heterocycles. The van der Waals surface area contributed by atoms with Crippen LogP contribution in [0.25, 0.3) is 0 Å². The summed E-state index contributed by atoms with van der Waals surface area (Å²) in [6.45, 7) is 4.98. The lowest BCUT2D eigenvalue weighted by Crippen LogP contribution is -2.03. The van der Waals surface area contributed by atoms with Gasteiger partial charge < -0.3 is 5.32 Å². The molecule has 4 heteroatoms. The van der Waals surface area contributed by atoms with Gasteiger partial charge in [0.05, 0.1) is 4.92 Å². The third kappa shape index (κ3) is 2.94. The number of nitro benzene ring substituents is 1. The van der Waals surface area contributed by atoms with Crippen LogP contribution in [0.4, 0.5) is 11.4 Å². The summed E-state index contributed by atoms with van der Waals surface area (Å²) in [4.78, 5) is 10.2. The molecule has 0 aliphatic rings. The van der Waals surface area contributed by atoms with E-state index < -0.39 is 0 Å². The van der Waals surface area contributed by atoms with Gasteiger partial charge in [-0.3, -0.25) is 10.1 Å². The molecule has 0 atom stereocenters. The van der Waals surface area contributed by atoms with Gasteiger partial charge in [-0.2, -0.15) is 0 Å². The lowest BCUT2D eigenvalue weighted by molar-refractivity contribution is -0.384. The van der Waals surface area contributed by atoms with Gasteiger partial charge in [-0.1, -0.05) is 13.8 Å². The van der Waals surface area contributed by atoms with Gasteiger partial charge >= 0.3 is 0 Å². The van der Waals surface area contributed by atoms with Crippen molar-refractivity contribution in [2.75, 3.05) is 11.9 Å². The lowest BCUT2D eigenvalue weighted by atomic mass is 10.1. The lowest BCUT2D eigenvalue weighted by Gasteiger charge is -2.09. The van der Waals surface area contributed by atoms with Gasteiger partial charge in [0.15, 0.2) is 0 Å². The zero-order valence-electron chi connectivity index (χ0n) is 9.12. The van der Waals surface area contributed by atoms with E-state index >= 15 is 0 Å². The largest absolute Gasteiger partial charge is 0.385 e. The van der Waals surface area contributed by atoms with Gasteiger partial charge in [0.1, 0.15) is 0 Å². The maximum atomic E-state index is 10.6. The van der Waals surface area contributed by atoms with Crippen LogP contribution in [0.3, 0.4) is 0 Å². The highest BCUT2D eigenvalue weighted by molar-refractivity contribution is 5.56. The number of rotatable bonds is 5. The van der Waals surface area contributed by atoms with Crippen molar-refractivity contribution in [3.05, 3.63) is 33.9 Å². The summed E-state index contributed by atoms with van der Waals surface area (Å²) in [5, 5.41) is 13.8. The number of benzene rings is 1. The molecule has 0 fully saturated rings. The Morgan fingerprint density at radius 1 is 1.40 bits per heavy atom. The van der Waals surface area contributed by atoms with E-state index in [2.05, 4.69) is 12.2 Å². The van der Waals surface area contributed by atoms with Crippen molar-refractivity contribution < 1.29 is 4.92 Å². The minimum absolute atomic E-state index is 0.161. The molecule has 15 heavy (non-hydrogen) atoms. The zero-order valence-corrected chi connectivity index (χ0v) is 9.12. The minimum atomic E-state index is -0.358. The Morgan fingerprint density at radius 3 is 2.67 bits per heavy atom. The Hall–Kier alpha value is -1.58. The van der Waals surface area contributed by atoms with Gasteiger partial charge in [0.2, 0.25) is 0 Å². The number of hydrogen-bond acceptors (Lipinski definition) is 3. The number of nitrogens with one attached hydrogen (secondary N) is 1. The molecule has 0 radical (unpaired) electrons. The highest BCUT2D eigenvalue weighted by Gasteiger charge is 2.08. The fourth-order valence-corrected chi connectivity index (χ4v) is 1.42. The second kappa shape index (κ2) is 5.34. The summed E-state index contributed by atoms with van der Waals surface area (Å²) in [5.41, 5.74) is 2.16. The van der Waals surface area contributed by atoms with Gasteiger partial charge in [-0.15, -0.1) is 0 Å². The molecule has 0 saturated heterocycles. The maximum Gasteiger partial charge on any atom is 0.269 e. The molecule has 0 unspecified atom stereocenters. The van der Waals surface area contributed by atoms with Crippen LogP contribution in [0.2, 0.25) is 0 Å². The molecule has 82 valence electrons. The number of non-ortho nitro benzene ring substituents is 1. The smallest absolute Gasteiger partial charge is 0.269 e. The second-order valence-corrected chi connectivity index (χ2v) is 3.38. The summed E-state index contributed by atoms with van der Waals surface area (Å²) < 4.78 is 0. The van der Waals surface area contributed by atoms with Gasteiger partial charge in [-0.25, -0.2) is 0 Å². The first-order valence-corrected chi connectivity index (χ1v) is 5.20. The molecular weight excluding hydrogens is 192 g/mol. The molecule has 1 rings (SSSR count). The van der Waals surface area contributed by atoms with Crippen molar-refractivity contribution in [1.82, 2.24) is 0 Å².